The van der Waals surface area contributed by atoms with Crippen LogP contribution in [0.15, 0.2) is 27.6 Å². The third-order valence-corrected chi connectivity index (χ3v) is 5.22. The average molecular weight is 376 g/mol. The van der Waals surface area contributed by atoms with Gasteiger partial charge in [-0.25, -0.2) is 13.1 Å². The molecule has 0 aliphatic heterocycles. The van der Waals surface area contributed by atoms with Crippen molar-refractivity contribution in [3.05, 3.63) is 26.2 Å². The summed E-state index contributed by atoms with van der Waals surface area (Å²) in [5.41, 5.74) is 0. The van der Waals surface area contributed by atoms with Crippen molar-refractivity contribution in [3.63, 3.8) is 0 Å². The molecular weight excluding hydrogens is 369 g/mol. The molecule has 1 N–H and O–H groups in total. The number of hydrogen-bond acceptors (Lipinski definition) is 2. The summed E-state index contributed by atoms with van der Waals surface area (Å²) in [5, 5.41) is 0. The number of nitrogens with one attached hydrogen (secondary N) is 1. The normalized spacial score (nSPS) is 11.6. The molecule has 0 radical (unpaired) electrons. The maximum Gasteiger partial charge on any atom is 0.240 e. The highest BCUT2D eigenvalue weighted by molar-refractivity contribution is 14.1. The molecule has 1 rings (SSSR count). The fraction of sp³-hybridized carbons (Fsp3) is 0.143. The summed E-state index contributed by atoms with van der Waals surface area (Å²) in [7, 11) is -1.93. The molecule has 0 saturated carbocycles. The lowest BCUT2D eigenvalue weighted by Crippen LogP contribution is -2.18. The molecule has 0 unspecified atom stereocenters. The van der Waals surface area contributed by atoms with Crippen LogP contribution in [0.3, 0.4) is 0 Å². The molecule has 0 heterocycles. The van der Waals surface area contributed by atoms with Gasteiger partial charge in [-0.1, -0.05) is 0 Å². The molecule has 0 amide bonds. The van der Waals surface area contributed by atoms with Crippen LogP contribution in [-0.4, -0.2) is 15.5 Å². The average Bonchev–Trinajstić information content (AvgIpc) is 2.09. The zero-order valence-corrected chi connectivity index (χ0v) is 11.3. The van der Waals surface area contributed by atoms with E-state index in [4.69, 9.17) is 0 Å². The Balaban J connectivity index is 3.27. The number of hydrogen-bond donors (Lipinski definition) is 1. The molecular formula is C7H7BrINO2S. The minimum absolute atomic E-state index is 0.266. The van der Waals surface area contributed by atoms with Gasteiger partial charge in [-0.15, -0.1) is 0 Å². The second-order valence-corrected chi connectivity index (χ2v) is 6.19. The van der Waals surface area contributed by atoms with Crippen molar-refractivity contribution in [2.24, 2.45) is 0 Å². The van der Waals surface area contributed by atoms with Gasteiger partial charge in [0.05, 0.1) is 4.90 Å². The zero-order chi connectivity index (χ0) is 10.1. The first kappa shape index (κ1) is 11.4. The molecule has 3 nitrogen and oxygen atoms in total. The second-order valence-electron chi connectivity index (χ2n) is 2.28. The van der Waals surface area contributed by atoms with E-state index >= 15 is 0 Å². The van der Waals surface area contributed by atoms with Gasteiger partial charge in [0.1, 0.15) is 0 Å². The monoisotopic (exact) mass is 375 g/mol. The Morgan fingerprint density at radius 1 is 1.46 bits per heavy atom. The molecule has 0 aliphatic rings. The minimum atomic E-state index is -3.32. The van der Waals surface area contributed by atoms with Gasteiger partial charge in [0, 0.05) is 8.04 Å². The van der Waals surface area contributed by atoms with E-state index in [1.165, 1.54) is 7.05 Å². The van der Waals surface area contributed by atoms with Crippen LogP contribution in [-0.2, 0) is 10.0 Å². The molecule has 0 aliphatic carbocycles. The molecule has 72 valence electrons. The van der Waals surface area contributed by atoms with Crippen molar-refractivity contribution in [3.8, 4) is 0 Å². The van der Waals surface area contributed by atoms with Crippen molar-refractivity contribution in [1.29, 1.82) is 0 Å². The molecule has 1 aromatic rings. The molecule has 6 heteroatoms. The van der Waals surface area contributed by atoms with E-state index in [9.17, 15) is 8.42 Å². The summed E-state index contributed by atoms with van der Waals surface area (Å²) >= 11 is 5.39. The largest absolute Gasteiger partial charge is 0.240 e. The van der Waals surface area contributed by atoms with Gasteiger partial charge < -0.3 is 0 Å². The second kappa shape index (κ2) is 4.24. The Hall–Kier alpha value is 0.340. The third kappa shape index (κ3) is 2.64. The van der Waals surface area contributed by atoms with Crippen LogP contribution in [0.5, 0.6) is 0 Å². The van der Waals surface area contributed by atoms with E-state index in [1.54, 1.807) is 18.2 Å². The summed E-state index contributed by atoms with van der Waals surface area (Å²) < 4.78 is 26.7. The topological polar surface area (TPSA) is 46.2 Å². The van der Waals surface area contributed by atoms with Crippen molar-refractivity contribution >= 4 is 48.5 Å². The quantitative estimate of drug-likeness (QED) is 0.803. The summed E-state index contributed by atoms with van der Waals surface area (Å²) in [6.07, 6.45) is 0. The lowest BCUT2D eigenvalue weighted by Gasteiger charge is -2.03. The first-order valence-electron chi connectivity index (χ1n) is 3.36. The van der Waals surface area contributed by atoms with Crippen LogP contribution < -0.4 is 4.72 Å². The highest BCUT2D eigenvalue weighted by Crippen LogP contribution is 2.22. The van der Waals surface area contributed by atoms with E-state index in [-0.39, 0.29) is 4.90 Å². The predicted octanol–water partition coefficient (Wildman–Crippen LogP) is 1.96. The third-order valence-electron chi connectivity index (χ3n) is 1.47. The Labute approximate surface area is 99.2 Å². The van der Waals surface area contributed by atoms with Crippen molar-refractivity contribution in [2.75, 3.05) is 7.05 Å². The molecule has 13 heavy (non-hydrogen) atoms. The van der Waals surface area contributed by atoms with Crippen molar-refractivity contribution in [2.45, 2.75) is 4.90 Å². The number of rotatable bonds is 2. The standard InChI is InChI=1S/C7H7BrINO2S/c1-10-13(11,12)5-2-3-7(9)6(8)4-5/h2-4,10H,1H3. The summed E-state index contributed by atoms with van der Waals surface area (Å²) in [5.74, 6) is 0. The fourth-order valence-corrected chi connectivity index (χ4v) is 2.38. The lowest BCUT2D eigenvalue weighted by atomic mass is 10.4. The van der Waals surface area contributed by atoms with Crippen LogP contribution >= 0.6 is 38.5 Å². The molecule has 0 bridgehead atoms. The Morgan fingerprint density at radius 3 is 2.54 bits per heavy atom. The molecule has 1 aromatic carbocycles. The van der Waals surface area contributed by atoms with Gasteiger partial charge in [0.25, 0.3) is 0 Å². The van der Waals surface area contributed by atoms with Gasteiger partial charge >= 0.3 is 0 Å². The maximum atomic E-state index is 11.3. The lowest BCUT2D eigenvalue weighted by molar-refractivity contribution is 0.588. The van der Waals surface area contributed by atoms with Gasteiger partial charge in [-0.2, -0.15) is 0 Å². The predicted molar refractivity (Wildman–Crippen MR) is 63.1 cm³/mol. The van der Waals surface area contributed by atoms with E-state index < -0.39 is 10.0 Å². The van der Waals surface area contributed by atoms with Crippen molar-refractivity contribution in [1.82, 2.24) is 4.72 Å². The van der Waals surface area contributed by atoms with Crippen molar-refractivity contribution < 1.29 is 8.42 Å². The highest BCUT2D eigenvalue weighted by atomic mass is 127. The fourth-order valence-electron chi connectivity index (χ4n) is 0.762. The number of benzene rings is 1. The van der Waals surface area contributed by atoms with Crippen LogP contribution in [0, 0.1) is 3.57 Å². The van der Waals surface area contributed by atoms with Crippen LogP contribution in [0.2, 0.25) is 0 Å². The van der Waals surface area contributed by atoms with Crippen LogP contribution in [0.1, 0.15) is 0 Å². The minimum Gasteiger partial charge on any atom is -0.214 e. The van der Waals surface area contributed by atoms with E-state index in [0.717, 1.165) is 8.04 Å². The maximum absolute atomic E-state index is 11.3. The number of sulfonamides is 1. The van der Waals surface area contributed by atoms with Gasteiger partial charge in [0.15, 0.2) is 0 Å². The first-order valence-corrected chi connectivity index (χ1v) is 6.71. The Morgan fingerprint density at radius 2 is 2.08 bits per heavy atom. The Kier molecular flexibility index (Phi) is 3.73. The van der Waals surface area contributed by atoms with E-state index in [1.807, 2.05) is 0 Å². The molecule has 0 fully saturated rings. The zero-order valence-electron chi connectivity index (χ0n) is 6.71. The van der Waals surface area contributed by atoms with Gasteiger partial charge in [-0.3, -0.25) is 0 Å². The smallest absolute Gasteiger partial charge is 0.214 e. The van der Waals surface area contributed by atoms with Crippen LogP contribution in [0.25, 0.3) is 0 Å². The summed E-state index contributed by atoms with van der Waals surface area (Å²) in [6, 6.07) is 4.89. The summed E-state index contributed by atoms with van der Waals surface area (Å²) in [6.45, 7) is 0. The van der Waals surface area contributed by atoms with E-state index in [0.29, 0.717) is 0 Å². The molecule has 0 aromatic heterocycles. The van der Waals surface area contributed by atoms with E-state index in [2.05, 4.69) is 43.2 Å². The van der Waals surface area contributed by atoms with Gasteiger partial charge in [-0.05, 0) is 63.8 Å². The van der Waals surface area contributed by atoms with Crippen LogP contribution in [0.4, 0.5) is 0 Å². The summed E-state index contributed by atoms with van der Waals surface area (Å²) in [4.78, 5) is 0.266. The Bertz CT molecular complexity index is 419. The molecule has 0 saturated heterocycles. The number of halogens is 2. The molecule has 0 atom stereocenters. The molecule has 0 spiro atoms. The first-order chi connectivity index (χ1) is 5.97. The highest BCUT2D eigenvalue weighted by Gasteiger charge is 2.11. The SMILES string of the molecule is CNS(=O)(=O)c1ccc(I)c(Br)c1. The van der Waals surface area contributed by atoms with Gasteiger partial charge in [0.2, 0.25) is 10.0 Å².